The Hall–Kier alpha value is -0.170. The maximum atomic E-state index is 10.2. The van der Waals surface area contributed by atoms with Gasteiger partial charge in [0, 0.05) is 6.54 Å². The van der Waals surface area contributed by atoms with Crippen molar-refractivity contribution in [3.63, 3.8) is 0 Å². The lowest BCUT2D eigenvalue weighted by atomic mass is 10.3. The summed E-state index contributed by atoms with van der Waals surface area (Å²) >= 11 is 0. The maximum absolute atomic E-state index is 10.2. The van der Waals surface area contributed by atoms with Crippen LogP contribution in [0.25, 0.3) is 0 Å². The Balaban J connectivity index is 3.21. The number of hydrogen-bond acceptors (Lipinski definition) is 3. The van der Waals surface area contributed by atoms with Crippen molar-refractivity contribution in [3.05, 3.63) is 0 Å². The van der Waals surface area contributed by atoms with Crippen LogP contribution < -0.4 is 15.4 Å². The molecular formula is C4H13N3O2S. The summed E-state index contributed by atoms with van der Waals surface area (Å²) in [5, 5.41) is 4.62. The van der Waals surface area contributed by atoms with Crippen LogP contribution in [0, 0.1) is 0 Å². The first kappa shape index (κ1) is 9.83. The number of hydrogen-bond donors (Lipinski definition) is 3. The molecule has 0 radical (unpaired) electrons. The molecule has 0 heterocycles. The average molecular weight is 167 g/mol. The molecule has 0 saturated heterocycles. The van der Waals surface area contributed by atoms with Crippen LogP contribution in [0.4, 0.5) is 0 Å². The summed E-state index contributed by atoms with van der Waals surface area (Å²) < 4.78 is 20.4. The fourth-order valence-electron chi connectivity index (χ4n) is 0.417. The van der Waals surface area contributed by atoms with Crippen LogP contribution in [0.2, 0.25) is 0 Å². The fourth-order valence-corrected chi connectivity index (χ4v) is 0.720. The van der Waals surface area contributed by atoms with Gasteiger partial charge in [-0.15, -0.1) is 4.83 Å². The Morgan fingerprint density at radius 3 is 2.50 bits per heavy atom. The maximum Gasteiger partial charge on any atom is 0.287 e. The third kappa shape index (κ3) is 7.83. The lowest BCUT2D eigenvalue weighted by Crippen LogP contribution is -2.41. The Morgan fingerprint density at radius 1 is 1.50 bits per heavy atom. The van der Waals surface area contributed by atoms with E-state index >= 15 is 0 Å². The predicted octanol–water partition coefficient (Wildman–Crippen LogP) is -0.916. The number of hydrazine groups is 1. The first-order valence-electron chi connectivity index (χ1n) is 3.08. The van der Waals surface area contributed by atoms with Gasteiger partial charge in [0.2, 0.25) is 0 Å². The molecule has 0 bridgehead atoms. The second-order valence-corrected chi connectivity index (χ2v) is 3.22. The van der Waals surface area contributed by atoms with Crippen molar-refractivity contribution in [2.24, 2.45) is 5.14 Å². The minimum absolute atomic E-state index is 0.604. The van der Waals surface area contributed by atoms with E-state index in [-0.39, 0.29) is 0 Å². The van der Waals surface area contributed by atoms with Gasteiger partial charge in [-0.3, -0.25) is 0 Å². The minimum atomic E-state index is -3.57. The monoisotopic (exact) mass is 167 g/mol. The first-order chi connectivity index (χ1) is 4.56. The van der Waals surface area contributed by atoms with Crippen molar-refractivity contribution in [1.29, 1.82) is 0 Å². The Labute approximate surface area is 61.1 Å². The lowest BCUT2D eigenvalue weighted by Gasteiger charge is -2.01. The summed E-state index contributed by atoms with van der Waals surface area (Å²) in [4.78, 5) is 1.96. The molecule has 0 fully saturated rings. The third-order valence-electron chi connectivity index (χ3n) is 0.870. The van der Waals surface area contributed by atoms with Gasteiger partial charge in [0.05, 0.1) is 0 Å². The van der Waals surface area contributed by atoms with E-state index in [0.29, 0.717) is 6.54 Å². The van der Waals surface area contributed by atoms with E-state index in [1.54, 1.807) is 0 Å². The van der Waals surface area contributed by atoms with Gasteiger partial charge in [-0.05, 0) is 6.42 Å². The topological polar surface area (TPSA) is 84.2 Å². The van der Waals surface area contributed by atoms with Crippen molar-refractivity contribution in [2.75, 3.05) is 6.54 Å². The molecule has 6 heteroatoms. The molecule has 0 atom stereocenters. The molecular weight excluding hydrogens is 154 g/mol. The van der Waals surface area contributed by atoms with E-state index in [1.807, 2.05) is 11.8 Å². The van der Waals surface area contributed by atoms with Gasteiger partial charge < -0.3 is 0 Å². The summed E-state index contributed by atoms with van der Waals surface area (Å²) in [6.07, 6.45) is 1.93. The van der Waals surface area contributed by atoms with Gasteiger partial charge in [0.15, 0.2) is 0 Å². The quantitative estimate of drug-likeness (QED) is 0.366. The fraction of sp³-hybridized carbons (Fsp3) is 1.00. The first-order valence-corrected chi connectivity index (χ1v) is 4.63. The van der Waals surface area contributed by atoms with E-state index in [0.717, 1.165) is 12.8 Å². The molecule has 0 aromatic heterocycles. The molecule has 0 amide bonds. The predicted molar refractivity (Wildman–Crippen MR) is 39.2 cm³/mol. The van der Waals surface area contributed by atoms with Gasteiger partial charge >= 0.3 is 0 Å². The zero-order valence-electron chi connectivity index (χ0n) is 5.92. The van der Waals surface area contributed by atoms with Crippen molar-refractivity contribution in [1.82, 2.24) is 10.3 Å². The molecule has 4 N–H and O–H groups in total. The number of nitrogens with one attached hydrogen (secondary N) is 2. The van der Waals surface area contributed by atoms with Crippen LogP contribution in [-0.2, 0) is 10.2 Å². The van der Waals surface area contributed by atoms with Crippen LogP contribution in [0.15, 0.2) is 0 Å². The van der Waals surface area contributed by atoms with Crippen molar-refractivity contribution in [3.8, 4) is 0 Å². The molecule has 0 aromatic rings. The Bertz CT molecular complexity index is 165. The molecule has 5 nitrogen and oxygen atoms in total. The minimum Gasteiger partial charge on any atom is -0.243 e. The van der Waals surface area contributed by atoms with Crippen LogP contribution in [0.1, 0.15) is 19.8 Å². The zero-order chi connectivity index (χ0) is 8.04. The van der Waals surface area contributed by atoms with Gasteiger partial charge in [-0.2, -0.15) is 8.42 Å². The second kappa shape index (κ2) is 4.62. The van der Waals surface area contributed by atoms with Crippen LogP contribution in [0.5, 0.6) is 0 Å². The van der Waals surface area contributed by atoms with Crippen LogP contribution in [0.3, 0.4) is 0 Å². The molecule has 0 aliphatic carbocycles. The number of rotatable bonds is 5. The highest BCUT2D eigenvalue weighted by molar-refractivity contribution is 7.87. The van der Waals surface area contributed by atoms with Gasteiger partial charge in [0.1, 0.15) is 0 Å². The summed E-state index contributed by atoms with van der Waals surface area (Å²) in [6, 6.07) is 0. The van der Waals surface area contributed by atoms with Crippen LogP contribution >= 0.6 is 0 Å². The highest BCUT2D eigenvalue weighted by Gasteiger charge is 1.96. The lowest BCUT2D eigenvalue weighted by molar-refractivity contribution is 0.549. The smallest absolute Gasteiger partial charge is 0.243 e. The molecule has 0 saturated carbocycles. The summed E-state index contributed by atoms with van der Waals surface area (Å²) in [5.74, 6) is 0. The molecule has 0 rings (SSSR count). The van der Waals surface area contributed by atoms with Crippen LogP contribution in [-0.4, -0.2) is 15.0 Å². The van der Waals surface area contributed by atoms with Crippen molar-refractivity contribution in [2.45, 2.75) is 19.8 Å². The highest BCUT2D eigenvalue weighted by atomic mass is 32.2. The molecule has 62 valence electrons. The standard InChI is InChI=1S/C4H13N3O2S/c1-2-3-4-6-7-10(5,8)9/h6-7H,2-4H2,1H3,(H2,5,8,9). The molecule has 0 aliphatic heterocycles. The summed E-state index contributed by atoms with van der Waals surface area (Å²) in [6.45, 7) is 2.62. The SMILES string of the molecule is CCCCNNS(N)(=O)=O. The highest BCUT2D eigenvalue weighted by Crippen LogP contribution is 1.80. The second-order valence-electron chi connectivity index (χ2n) is 1.93. The molecule has 0 spiro atoms. The number of nitrogens with two attached hydrogens (primary N) is 1. The van der Waals surface area contributed by atoms with Crippen molar-refractivity contribution < 1.29 is 8.42 Å². The summed E-state index contributed by atoms with van der Waals surface area (Å²) in [5.41, 5.74) is 2.46. The third-order valence-corrected chi connectivity index (χ3v) is 1.30. The normalized spacial score (nSPS) is 11.8. The van der Waals surface area contributed by atoms with Crippen molar-refractivity contribution >= 4 is 10.2 Å². The molecule has 0 aliphatic rings. The van der Waals surface area contributed by atoms with Gasteiger partial charge in [-0.1, -0.05) is 13.3 Å². The van der Waals surface area contributed by atoms with E-state index < -0.39 is 10.2 Å². The van der Waals surface area contributed by atoms with Gasteiger partial charge in [-0.25, -0.2) is 10.6 Å². The molecule has 0 unspecified atom stereocenters. The largest absolute Gasteiger partial charge is 0.287 e. The molecule has 0 aromatic carbocycles. The zero-order valence-corrected chi connectivity index (χ0v) is 6.74. The Morgan fingerprint density at radius 2 is 2.10 bits per heavy atom. The summed E-state index contributed by atoms with van der Waals surface area (Å²) in [7, 11) is -3.57. The average Bonchev–Trinajstić information content (AvgIpc) is 1.78. The van der Waals surface area contributed by atoms with E-state index in [2.05, 4.69) is 10.6 Å². The Kier molecular flexibility index (Phi) is 4.54. The van der Waals surface area contributed by atoms with E-state index in [9.17, 15) is 8.42 Å². The van der Waals surface area contributed by atoms with E-state index in [4.69, 9.17) is 0 Å². The van der Waals surface area contributed by atoms with Gasteiger partial charge in [0.25, 0.3) is 10.2 Å². The van der Waals surface area contributed by atoms with E-state index in [1.165, 1.54) is 0 Å². The number of unbranched alkanes of at least 4 members (excludes halogenated alkanes) is 1. The molecule has 10 heavy (non-hydrogen) atoms.